The van der Waals surface area contributed by atoms with Crippen molar-refractivity contribution in [1.29, 1.82) is 0 Å². The first-order valence-electron chi connectivity index (χ1n) is 37.2. The summed E-state index contributed by atoms with van der Waals surface area (Å²) in [6.07, 6.45) is -88.0. The molecular weight excluding hydrogens is 1620 g/mol. The van der Waals surface area contributed by atoms with Crippen molar-refractivity contribution < 1.29 is 243 Å². The molecule has 53 nitrogen and oxygen atoms in total. The van der Waals surface area contributed by atoms with Crippen LogP contribution in [0.15, 0.2) is 0 Å². The van der Waals surface area contributed by atoms with Crippen LogP contribution >= 0.6 is 0 Å². The van der Waals surface area contributed by atoms with E-state index in [1.54, 1.807) is 0 Å². The van der Waals surface area contributed by atoms with Gasteiger partial charge in [-0.2, -0.15) is 0 Å². The summed E-state index contributed by atoms with van der Waals surface area (Å²) in [7, 11) is 0. The van der Waals surface area contributed by atoms with Gasteiger partial charge in [0.2, 0.25) is 23.6 Å². The molecule has 0 aliphatic carbocycles. The maximum absolute atomic E-state index is 13.1. The number of aliphatic carboxylic acids is 1. The summed E-state index contributed by atoms with van der Waals surface area (Å²) in [4.78, 5) is 63.1. The molecule has 53 heteroatoms. The van der Waals surface area contributed by atoms with Gasteiger partial charge < -0.3 is 240 Å². The molecule has 32 N–H and O–H groups in total. The molecule has 8 aliphatic rings. The highest BCUT2D eigenvalue weighted by Gasteiger charge is 2.61. The molecule has 0 radical (unpaired) electrons. The van der Waals surface area contributed by atoms with Crippen molar-refractivity contribution in [3.05, 3.63) is 0 Å². The summed E-state index contributed by atoms with van der Waals surface area (Å²) in [5.74, 6) is -8.82. The lowest BCUT2D eigenvalue weighted by atomic mass is 9.88. The number of carboxylic acids is 1. The third kappa shape index (κ3) is 22.6. The Hall–Kier alpha value is -4.37. The van der Waals surface area contributed by atoms with E-state index in [-0.39, 0.29) is 0 Å². The van der Waals surface area contributed by atoms with Crippen molar-refractivity contribution in [2.75, 3.05) is 66.1 Å². The van der Waals surface area contributed by atoms with E-state index in [0.717, 1.165) is 27.7 Å². The van der Waals surface area contributed by atoms with Crippen molar-refractivity contribution in [3.63, 3.8) is 0 Å². The molecule has 8 rings (SSSR count). The Balaban J connectivity index is 1.09. The standard InChI is InChI=1S/C65H110N4O49/c1-16(77)66-20(6-70)34(84)51(23(83)8-72)113-57-32(68-18(3)79)41(91)53(27(12-76)108-57)115-62-50(100)55(40(90)29(111-62)14-104-60-48(98)44(94)38(88)28(110-60)13-103-59-47(97)43(93)36(86)24(9-73)106-59)116-63-56(46(96)37(87)25(10-74)107-63)117-58-33(69-19(4)80)42(92)52(26(11-75)109-58)114-61-49(99)45(95)39(89)30(112-61)15-105-65(64(101)102)5-21(81)31(67-17(2)78)54(118-65)35(85)22(82)7-71/h20-63,70-76,81-100H,5-15H2,1-4H3,(H,66,77)(H,67,78)(H,68,79)(H,69,80)(H,101,102)/t20-,21-,22+,23+,24+,25+,26+,27+,28+,29+,30+,31+,32+,33+,34+,35+,36+,37+,38+,39-,40+,41+,42+,43-,44-,45-,46-,47-,48-,49+,50-,51+,52+,53+,54+,55-,56-,57-,58-,59-,60-,61-,62-,63+,65+/m0/s1. The van der Waals surface area contributed by atoms with Crippen LogP contribution in [0.2, 0.25) is 0 Å². The van der Waals surface area contributed by atoms with E-state index < -0.39 is 378 Å². The third-order valence-electron chi connectivity index (χ3n) is 21.0. The maximum Gasteiger partial charge on any atom is 0.364 e. The molecule has 0 aromatic rings. The second-order valence-electron chi connectivity index (χ2n) is 29.4. The van der Waals surface area contributed by atoms with Crippen LogP contribution in [0, 0.1) is 0 Å². The summed E-state index contributed by atoms with van der Waals surface area (Å²) in [5, 5.41) is 317. The van der Waals surface area contributed by atoms with Crippen molar-refractivity contribution in [2.45, 2.75) is 310 Å². The topological polar surface area (TPSA) is 848 Å². The van der Waals surface area contributed by atoms with Crippen LogP contribution in [0.3, 0.4) is 0 Å². The minimum absolute atomic E-state index is 0.817. The highest BCUT2D eigenvalue weighted by atomic mass is 16.8. The van der Waals surface area contributed by atoms with E-state index in [2.05, 4.69) is 21.3 Å². The molecule has 0 aromatic carbocycles. The lowest BCUT2D eigenvalue weighted by Crippen LogP contribution is -2.70. The van der Waals surface area contributed by atoms with Crippen LogP contribution in [-0.4, -0.2) is 514 Å². The molecule has 118 heavy (non-hydrogen) atoms. The van der Waals surface area contributed by atoms with Gasteiger partial charge in [-0.25, -0.2) is 4.79 Å². The highest BCUT2D eigenvalue weighted by Crippen LogP contribution is 2.40. The number of carbonyl (C=O) groups excluding carboxylic acids is 4. The first-order valence-corrected chi connectivity index (χ1v) is 37.2. The van der Waals surface area contributed by atoms with Crippen molar-refractivity contribution in [3.8, 4) is 0 Å². The second-order valence-corrected chi connectivity index (χ2v) is 29.4. The average Bonchev–Trinajstić information content (AvgIpc) is 0.767. The van der Waals surface area contributed by atoms with Gasteiger partial charge in [0.15, 0.2) is 44.0 Å². The zero-order valence-corrected chi connectivity index (χ0v) is 63.3. The number of hydrogen-bond donors (Lipinski definition) is 32. The van der Waals surface area contributed by atoms with Gasteiger partial charge in [-0.1, -0.05) is 0 Å². The minimum Gasteiger partial charge on any atom is -0.477 e. The molecule has 8 aliphatic heterocycles. The fraction of sp³-hybridized carbons (Fsp3) is 0.923. The summed E-state index contributed by atoms with van der Waals surface area (Å²) < 4.78 is 93.4. The Bertz CT molecular complexity index is 3150. The third-order valence-corrected chi connectivity index (χ3v) is 21.0. The van der Waals surface area contributed by atoms with Gasteiger partial charge in [0.1, 0.15) is 207 Å². The van der Waals surface area contributed by atoms with E-state index in [9.17, 15) is 167 Å². The Morgan fingerprint density at radius 1 is 0.381 bits per heavy atom. The summed E-state index contributed by atoms with van der Waals surface area (Å²) in [5.41, 5.74) is 0. The Labute approximate surface area is 667 Å². The number of carbonyl (C=O) groups is 5. The smallest absolute Gasteiger partial charge is 0.364 e. The molecule has 0 saturated carbocycles. The molecule has 0 spiro atoms. The van der Waals surface area contributed by atoms with Crippen LogP contribution in [0.25, 0.3) is 0 Å². The minimum atomic E-state index is -3.09. The van der Waals surface area contributed by atoms with Gasteiger partial charge in [-0.05, 0) is 0 Å². The van der Waals surface area contributed by atoms with Crippen LogP contribution in [0.5, 0.6) is 0 Å². The van der Waals surface area contributed by atoms with Gasteiger partial charge in [0.05, 0.1) is 84.3 Å². The molecule has 0 bridgehead atoms. The van der Waals surface area contributed by atoms with E-state index in [1.807, 2.05) is 0 Å². The second kappa shape index (κ2) is 43.5. The van der Waals surface area contributed by atoms with Gasteiger partial charge in [0, 0.05) is 34.1 Å². The first kappa shape index (κ1) is 99.1. The van der Waals surface area contributed by atoms with Gasteiger partial charge in [-0.3, -0.25) is 19.2 Å². The quantitative estimate of drug-likeness (QED) is 0.0277. The molecule has 4 amide bonds. The molecular formula is C65H110N4O49. The summed E-state index contributed by atoms with van der Waals surface area (Å²) >= 11 is 0. The molecule has 684 valence electrons. The molecule has 0 aromatic heterocycles. The van der Waals surface area contributed by atoms with E-state index in [0.29, 0.717) is 0 Å². The lowest BCUT2D eigenvalue weighted by Gasteiger charge is -2.51. The predicted octanol–water partition coefficient (Wildman–Crippen LogP) is -21.2. The number of carboxylic acid groups (broad SMARTS) is 1. The molecule has 45 atom stereocenters. The number of ether oxygens (including phenoxy) is 16. The normalized spacial score (nSPS) is 44.7. The fourth-order valence-corrected chi connectivity index (χ4v) is 14.5. The predicted molar refractivity (Wildman–Crippen MR) is 363 cm³/mol. The Morgan fingerprint density at radius 3 is 1.24 bits per heavy atom. The van der Waals surface area contributed by atoms with E-state index in [1.165, 1.54) is 0 Å². The van der Waals surface area contributed by atoms with Gasteiger partial charge >= 0.3 is 5.97 Å². The van der Waals surface area contributed by atoms with Gasteiger partial charge in [-0.15, -0.1) is 0 Å². The summed E-state index contributed by atoms with van der Waals surface area (Å²) in [6, 6.07) is -7.39. The number of hydrogen-bond acceptors (Lipinski definition) is 48. The Morgan fingerprint density at radius 2 is 0.771 bits per heavy atom. The van der Waals surface area contributed by atoms with Crippen LogP contribution in [-0.2, 0) is 99.8 Å². The molecule has 8 saturated heterocycles. The van der Waals surface area contributed by atoms with Crippen molar-refractivity contribution >= 4 is 29.6 Å². The SMILES string of the molecule is CC(=O)N[C@H]1[C@H](O[C@@H]([C@H](O)[C@H](CO)NC(C)=O)[C@H](O)CO)O[C@H](CO)[C@@H](O[C@@H]2O[C@H](CO[C@H]3O[C@H](CO[C@H]4O[C@H](CO)[C@@H](O)[C@H](O)[C@@H]4O)[C@@H](O)[C@H](O)[C@@H]3O)[C@@H](O)[C@H](O[C@H]3O[C@H](CO)[C@@H](O)[C@H](O)[C@@H]3O[C@@H]3O[C@H](CO)[C@@H](O[C@@H]4O[C@H](CO[C@]5(C(=O)O)C[C@H](O)[C@@H](NC(C)=O)[C@H]([C@H](O)[C@H](O)CO)O5)[C@H](O)[C@H](O)[C@H]4O)[C@H](O)[C@H]3NC(C)=O)[C@@H]2O)[C@@H]1O. The fourth-order valence-electron chi connectivity index (χ4n) is 14.5. The molecule has 0 unspecified atom stereocenters. The van der Waals surface area contributed by atoms with Crippen LogP contribution in [0.4, 0.5) is 0 Å². The number of nitrogens with one attached hydrogen (secondary N) is 4. The largest absolute Gasteiger partial charge is 0.477 e. The van der Waals surface area contributed by atoms with Crippen LogP contribution in [0.1, 0.15) is 34.1 Å². The zero-order valence-electron chi connectivity index (χ0n) is 63.3. The van der Waals surface area contributed by atoms with E-state index in [4.69, 9.17) is 75.8 Å². The number of aliphatic hydroxyl groups is 27. The van der Waals surface area contributed by atoms with Crippen molar-refractivity contribution in [1.82, 2.24) is 21.3 Å². The number of amides is 4. The summed E-state index contributed by atoms with van der Waals surface area (Å²) in [6.45, 7) is -7.59. The number of rotatable bonds is 36. The van der Waals surface area contributed by atoms with Crippen LogP contribution < -0.4 is 21.3 Å². The maximum atomic E-state index is 13.1. The zero-order chi connectivity index (χ0) is 87.7. The monoisotopic (exact) mass is 1730 g/mol. The van der Waals surface area contributed by atoms with E-state index >= 15 is 0 Å². The van der Waals surface area contributed by atoms with Gasteiger partial charge in [0.25, 0.3) is 5.79 Å². The Kier molecular flexibility index (Phi) is 36.5. The first-order chi connectivity index (χ1) is 55.6. The van der Waals surface area contributed by atoms with Crippen molar-refractivity contribution in [2.24, 2.45) is 0 Å². The average molecular weight is 1730 g/mol. The number of aliphatic hydroxyl groups excluding tert-OH is 27. The highest BCUT2D eigenvalue weighted by molar-refractivity contribution is 5.77. The lowest BCUT2D eigenvalue weighted by molar-refractivity contribution is -0.397. The molecule has 8 fully saturated rings. The molecule has 8 heterocycles.